The van der Waals surface area contributed by atoms with E-state index < -0.39 is 0 Å². The quantitative estimate of drug-likeness (QED) is 0.363. The van der Waals surface area contributed by atoms with Crippen LogP contribution in [-0.2, 0) is 6.42 Å². The average Bonchev–Trinajstić information content (AvgIpc) is 3.63. The predicted molar refractivity (Wildman–Crippen MR) is 157 cm³/mol. The van der Waals surface area contributed by atoms with Crippen LogP contribution in [0.25, 0.3) is 29.9 Å². The van der Waals surface area contributed by atoms with Crippen molar-refractivity contribution in [2.75, 3.05) is 0 Å². The standard InChI is InChI=1S/C33H38N4O/c1-8-11-22-18(6)26-13-24-16(4)20(9-2)28(34-24)14-25-17(5)21(10-3)29(35-25)15-27-19(7)31-30(38)12-23(32(22)36-26)33(31)37-27/h9,13-15,18,22,34-37H,2,8,10-12H2,1,3-7H3/b25-14-,26-13-,29-15-,32-23-/t18-,22-/m0/s1. The lowest BCUT2D eigenvalue weighted by atomic mass is 9.87. The lowest BCUT2D eigenvalue weighted by Gasteiger charge is -2.16. The molecule has 2 atom stereocenters. The summed E-state index contributed by atoms with van der Waals surface area (Å²) in [6.07, 6.45) is 12.2. The maximum absolute atomic E-state index is 13.4. The molecule has 3 aromatic heterocycles. The molecule has 1 aliphatic carbocycles. The maximum Gasteiger partial charge on any atom is 0.169 e. The summed E-state index contributed by atoms with van der Waals surface area (Å²) in [5, 5.41) is 6.00. The van der Waals surface area contributed by atoms with Gasteiger partial charge in [0, 0.05) is 74.1 Å². The van der Waals surface area contributed by atoms with Crippen molar-refractivity contribution in [3.8, 4) is 0 Å². The minimum Gasteiger partial charge on any atom is -0.361 e. The Morgan fingerprint density at radius 1 is 0.947 bits per heavy atom. The van der Waals surface area contributed by atoms with Crippen LogP contribution in [-0.4, -0.2) is 20.7 Å². The van der Waals surface area contributed by atoms with Gasteiger partial charge in [0.05, 0.1) is 5.69 Å². The Bertz CT molecular complexity index is 1700. The van der Waals surface area contributed by atoms with Gasteiger partial charge in [-0.05, 0) is 74.1 Å². The van der Waals surface area contributed by atoms with Gasteiger partial charge in [-0.1, -0.05) is 39.8 Å². The first-order valence-electron chi connectivity index (χ1n) is 14.0. The van der Waals surface area contributed by atoms with Crippen LogP contribution < -0.4 is 16.0 Å². The lowest BCUT2D eigenvalue weighted by molar-refractivity contribution is 0.100. The van der Waals surface area contributed by atoms with E-state index >= 15 is 0 Å². The molecule has 3 aliphatic rings. The number of aromatic amines is 3. The Kier molecular flexibility index (Phi) is 5.78. The normalized spacial score (nSPS) is 24.9. The third kappa shape index (κ3) is 3.48. The fourth-order valence-electron chi connectivity index (χ4n) is 6.92. The van der Waals surface area contributed by atoms with Crippen molar-refractivity contribution in [1.82, 2.24) is 20.3 Å². The van der Waals surface area contributed by atoms with Crippen LogP contribution in [0.3, 0.4) is 0 Å². The summed E-state index contributed by atoms with van der Waals surface area (Å²) >= 11 is 0. The number of fused-ring (bicyclic) bond motifs is 7. The molecule has 196 valence electrons. The zero-order chi connectivity index (χ0) is 26.9. The van der Waals surface area contributed by atoms with Crippen molar-refractivity contribution < 1.29 is 4.79 Å². The molecule has 5 heterocycles. The molecule has 0 spiro atoms. The Balaban J connectivity index is 1.72. The van der Waals surface area contributed by atoms with Crippen molar-refractivity contribution in [1.29, 1.82) is 0 Å². The van der Waals surface area contributed by atoms with Gasteiger partial charge in [-0.25, -0.2) is 0 Å². The number of nitrogens with one attached hydrogen (secondary N) is 4. The number of allylic oxidation sites excluding steroid dienone is 3. The Labute approximate surface area is 224 Å². The van der Waals surface area contributed by atoms with Gasteiger partial charge in [0.1, 0.15) is 0 Å². The largest absolute Gasteiger partial charge is 0.361 e. The van der Waals surface area contributed by atoms with Crippen molar-refractivity contribution in [2.45, 2.75) is 67.2 Å². The molecule has 2 aliphatic heterocycles. The lowest BCUT2D eigenvalue weighted by Crippen LogP contribution is -2.13. The molecule has 0 saturated carbocycles. The summed E-state index contributed by atoms with van der Waals surface area (Å²) in [4.78, 5) is 24.4. The molecule has 1 fully saturated rings. The molecule has 0 unspecified atom stereocenters. The van der Waals surface area contributed by atoms with Crippen LogP contribution in [0.15, 0.2) is 18.0 Å². The van der Waals surface area contributed by atoms with Crippen molar-refractivity contribution in [2.24, 2.45) is 11.8 Å². The van der Waals surface area contributed by atoms with Gasteiger partial charge in [0.2, 0.25) is 0 Å². The van der Waals surface area contributed by atoms with Crippen LogP contribution >= 0.6 is 0 Å². The van der Waals surface area contributed by atoms with Gasteiger partial charge in [-0.3, -0.25) is 4.79 Å². The first kappa shape index (κ1) is 24.6. The van der Waals surface area contributed by atoms with Gasteiger partial charge in [0.25, 0.3) is 0 Å². The number of carbonyl (C=O) groups is 1. The first-order valence-corrected chi connectivity index (χ1v) is 14.0. The fourth-order valence-corrected chi connectivity index (χ4v) is 6.92. The van der Waals surface area contributed by atoms with Crippen LogP contribution in [0.4, 0.5) is 0 Å². The molecule has 1 saturated heterocycles. The van der Waals surface area contributed by atoms with E-state index in [9.17, 15) is 4.79 Å². The van der Waals surface area contributed by atoms with E-state index in [2.05, 4.69) is 86.6 Å². The monoisotopic (exact) mass is 506 g/mol. The van der Waals surface area contributed by atoms with Crippen molar-refractivity contribution >= 4 is 35.7 Å². The van der Waals surface area contributed by atoms with Crippen molar-refractivity contribution in [3.05, 3.63) is 84.8 Å². The second kappa shape index (κ2) is 8.93. The van der Waals surface area contributed by atoms with Gasteiger partial charge in [-0.15, -0.1) is 0 Å². The number of ketones is 1. The van der Waals surface area contributed by atoms with Gasteiger partial charge < -0.3 is 20.3 Å². The van der Waals surface area contributed by atoms with Crippen LogP contribution in [0.5, 0.6) is 0 Å². The van der Waals surface area contributed by atoms with Gasteiger partial charge >= 0.3 is 0 Å². The molecule has 5 heteroatoms. The summed E-state index contributed by atoms with van der Waals surface area (Å²) in [6.45, 7) is 17.3. The summed E-state index contributed by atoms with van der Waals surface area (Å²) in [6, 6.07) is 0. The molecule has 38 heavy (non-hydrogen) atoms. The summed E-state index contributed by atoms with van der Waals surface area (Å²) in [5.74, 6) is 0.899. The molecule has 4 N–H and O–H groups in total. The van der Waals surface area contributed by atoms with Gasteiger partial charge in [-0.2, -0.15) is 0 Å². The second-order valence-electron chi connectivity index (χ2n) is 11.2. The Morgan fingerprint density at radius 3 is 2.39 bits per heavy atom. The zero-order valence-electron chi connectivity index (χ0n) is 23.4. The number of Topliss-reactive ketones (excluding diaryl/α,β-unsaturated/α-hetero) is 1. The molecule has 5 nitrogen and oxygen atoms in total. The fraction of sp³-hybridized carbons (Fsp3) is 0.364. The molecule has 3 aromatic rings. The molecule has 8 bridgehead atoms. The van der Waals surface area contributed by atoms with Crippen LogP contribution in [0, 0.1) is 32.6 Å². The first-order chi connectivity index (χ1) is 18.3. The van der Waals surface area contributed by atoms with Crippen LogP contribution in [0.2, 0.25) is 0 Å². The molecular formula is C33H38N4O. The third-order valence-electron chi connectivity index (χ3n) is 9.13. The second-order valence-corrected chi connectivity index (χ2v) is 11.2. The van der Waals surface area contributed by atoms with E-state index in [0.717, 1.165) is 75.0 Å². The number of hydrogen-bond donors (Lipinski definition) is 4. The third-order valence-corrected chi connectivity index (χ3v) is 9.13. The number of rotatable bonds is 4. The van der Waals surface area contributed by atoms with E-state index in [1.54, 1.807) is 0 Å². The smallest absolute Gasteiger partial charge is 0.169 e. The molecule has 0 aromatic carbocycles. The van der Waals surface area contributed by atoms with Crippen LogP contribution in [0.1, 0.15) is 101 Å². The molecule has 0 radical (unpaired) electrons. The highest BCUT2D eigenvalue weighted by Gasteiger charge is 2.39. The molecular weight excluding hydrogens is 468 g/mol. The number of hydrogen-bond acceptors (Lipinski definition) is 2. The topological polar surface area (TPSA) is 76.5 Å². The summed E-state index contributed by atoms with van der Waals surface area (Å²) in [5.41, 5.74) is 14.5. The highest BCUT2D eigenvalue weighted by atomic mass is 16.1. The SMILES string of the molecule is C=Cc1c2[nH]c(c1C)/C=C1\N/C(=C3/CC(=O)c4c3[nH]c(c4C)/C=c3\[nH]/c(c(C)c3CC)=C\2)[C@@H](CCC)[C@@H]1C. The summed E-state index contributed by atoms with van der Waals surface area (Å²) in [7, 11) is 0. The average molecular weight is 507 g/mol. The molecule has 6 rings (SSSR count). The Morgan fingerprint density at radius 2 is 1.68 bits per heavy atom. The van der Waals surface area contributed by atoms with Gasteiger partial charge in [0.15, 0.2) is 5.78 Å². The van der Waals surface area contributed by atoms with E-state index in [1.807, 2.05) is 6.08 Å². The maximum atomic E-state index is 13.4. The minimum absolute atomic E-state index is 0.215. The minimum atomic E-state index is 0.215. The van der Waals surface area contributed by atoms with E-state index in [1.165, 1.54) is 28.1 Å². The molecule has 0 amide bonds. The number of H-pyrrole nitrogens is 3. The predicted octanol–water partition coefficient (Wildman–Crippen LogP) is 5.77. The van der Waals surface area contributed by atoms with E-state index in [4.69, 9.17) is 0 Å². The number of carbonyl (C=O) groups excluding carboxylic acids is 1. The van der Waals surface area contributed by atoms with Crippen molar-refractivity contribution in [3.63, 3.8) is 0 Å². The van der Waals surface area contributed by atoms with E-state index in [0.29, 0.717) is 18.3 Å². The van der Waals surface area contributed by atoms with E-state index in [-0.39, 0.29) is 5.78 Å². The summed E-state index contributed by atoms with van der Waals surface area (Å²) < 4.78 is 0. The number of aromatic nitrogens is 3. The zero-order valence-corrected chi connectivity index (χ0v) is 23.4. The highest BCUT2D eigenvalue weighted by Crippen LogP contribution is 2.45. The highest BCUT2D eigenvalue weighted by molar-refractivity contribution is 6.13. The Hall–Kier alpha value is -3.73.